The minimum Gasteiger partial charge on any atom is -0.497 e. The van der Waals surface area contributed by atoms with Gasteiger partial charge in [-0.2, -0.15) is 0 Å². The Morgan fingerprint density at radius 3 is 2.65 bits per heavy atom. The zero-order chi connectivity index (χ0) is 18.7. The van der Waals surface area contributed by atoms with E-state index in [1.165, 1.54) is 29.2 Å². The van der Waals surface area contributed by atoms with E-state index in [0.29, 0.717) is 6.42 Å². The molecule has 138 valence electrons. The number of hydrogen-bond donors (Lipinski definition) is 0. The zero-order valence-electron chi connectivity index (χ0n) is 16.0. The molecule has 26 heavy (non-hydrogen) atoms. The molecule has 1 aromatic carbocycles. The molecule has 0 heterocycles. The molecule has 0 unspecified atom stereocenters. The van der Waals surface area contributed by atoms with E-state index in [2.05, 4.69) is 19.1 Å². The monoisotopic (exact) mass is 354 g/mol. The summed E-state index contributed by atoms with van der Waals surface area (Å²) in [5.74, 6) is 0.550. The van der Waals surface area contributed by atoms with Gasteiger partial charge in [0.15, 0.2) is 0 Å². The van der Waals surface area contributed by atoms with Gasteiger partial charge in [0, 0.05) is 12.3 Å². The van der Waals surface area contributed by atoms with Crippen LogP contribution in [-0.4, -0.2) is 24.5 Å². The van der Waals surface area contributed by atoms with Crippen molar-refractivity contribution in [1.82, 2.24) is 0 Å². The van der Waals surface area contributed by atoms with Gasteiger partial charge in [0.25, 0.3) is 0 Å². The lowest BCUT2D eigenvalue weighted by molar-refractivity contribution is -0.173. The second kappa shape index (κ2) is 5.70. The molecule has 2 bridgehead atoms. The van der Waals surface area contributed by atoms with E-state index >= 15 is 0 Å². The smallest absolute Gasteiger partial charge is 0.303 e. The normalized spacial score (nSPS) is 32.6. The predicted octanol–water partition coefficient (Wildman–Crippen LogP) is 4.11. The molecule has 0 radical (unpaired) electrons. The van der Waals surface area contributed by atoms with Crippen molar-refractivity contribution in [3.05, 3.63) is 34.9 Å². The maximum atomic E-state index is 13.3. The van der Waals surface area contributed by atoms with E-state index in [9.17, 15) is 9.59 Å². The van der Waals surface area contributed by atoms with Crippen molar-refractivity contribution in [2.75, 3.05) is 7.11 Å². The summed E-state index contributed by atoms with van der Waals surface area (Å²) < 4.78 is 11.1. The number of methoxy groups -OCH3 is 1. The summed E-state index contributed by atoms with van der Waals surface area (Å²) in [5.41, 5.74) is 4.00. The molecule has 4 nitrogen and oxygen atoms in total. The first kappa shape index (κ1) is 17.3. The summed E-state index contributed by atoms with van der Waals surface area (Å²) in [6, 6.07) is 6.23. The highest BCUT2D eigenvalue weighted by Crippen LogP contribution is 2.58. The average molecular weight is 354 g/mol. The zero-order valence-corrected chi connectivity index (χ0v) is 16.0. The van der Waals surface area contributed by atoms with Crippen molar-refractivity contribution in [2.24, 2.45) is 11.3 Å². The molecule has 0 saturated heterocycles. The van der Waals surface area contributed by atoms with Crippen LogP contribution < -0.4 is 4.74 Å². The highest BCUT2D eigenvalue weighted by molar-refractivity contribution is 5.99. The SMILES string of the molecule is COc1ccc2c(c1)CCC1=C2C[C@@H]2C(=O)[C@]1(C)CC[C@@]2(C)OC(C)=O. The summed E-state index contributed by atoms with van der Waals surface area (Å²) in [6.45, 7) is 5.46. The Hall–Kier alpha value is -2.10. The van der Waals surface area contributed by atoms with Crippen LogP contribution in [0, 0.1) is 11.3 Å². The predicted molar refractivity (Wildman–Crippen MR) is 98.9 cm³/mol. The molecule has 4 heteroatoms. The molecule has 0 amide bonds. The fourth-order valence-corrected chi connectivity index (χ4v) is 5.33. The lowest BCUT2D eigenvalue weighted by Gasteiger charge is -2.52. The van der Waals surface area contributed by atoms with Gasteiger partial charge in [0.05, 0.1) is 13.0 Å². The molecule has 0 N–H and O–H groups in total. The van der Waals surface area contributed by atoms with Crippen LogP contribution in [0.1, 0.15) is 57.6 Å². The van der Waals surface area contributed by atoms with Crippen LogP contribution in [0.5, 0.6) is 5.75 Å². The summed E-state index contributed by atoms with van der Waals surface area (Å²) in [6.07, 6.45) is 4.02. The topological polar surface area (TPSA) is 52.6 Å². The quantitative estimate of drug-likeness (QED) is 0.750. The van der Waals surface area contributed by atoms with Crippen molar-refractivity contribution in [2.45, 2.75) is 58.5 Å². The van der Waals surface area contributed by atoms with Crippen LogP contribution in [0.2, 0.25) is 0 Å². The van der Waals surface area contributed by atoms with Crippen molar-refractivity contribution in [1.29, 1.82) is 0 Å². The number of esters is 1. The van der Waals surface area contributed by atoms with Crippen LogP contribution in [0.3, 0.4) is 0 Å². The fraction of sp³-hybridized carbons (Fsp3) is 0.545. The number of ketones is 1. The Balaban J connectivity index is 1.82. The van der Waals surface area contributed by atoms with Gasteiger partial charge in [0.1, 0.15) is 17.1 Å². The second-order valence-corrected chi connectivity index (χ2v) is 8.34. The standard InChI is InChI=1S/C22H26O4/c1-13(23)26-22(3)10-9-21(2)18-8-5-14-11-15(25-4)6-7-16(14)17(18)12-19(22)20(21)24/h6-7,11,19H,5,8-10,12H2,1-4H3/t19-,21-,22-/m1/s1. The Kier molecular flexibility index (Phi) is 3.80. The lowest BCUT2D eigenvalue weighted by atomic mass is 9.53. The highest BCUT2D eigenvalue weighted by Gasteiger charge is 2.58. The third-order valence-electron chi connectivity index (χ3n) is 6.82. The highest BCUT2D eigenvalue weighted by atomic mass is 16.6. The molecule has 3 aliphatic carbocycles. The van der Waals surface area contributed by atoms with Gasteiger partial charge in [-0.3, -0.25) is 9.59 Å². The van der Waals surface area contributed by atoms with Gasteiger partial charge in [-0.25, -0.2) is 0 Å². The van der Waals surface area contributed by atoms with Crippen molar-refractivity contribution < 1.29 is 19.1 Å². The Morgan fingerprint density at radius 2 is 1.96 bits per heavy atom. The van der Waals surface area contributed by atoms with E-state index in [4.69, 9.17) is 9.47 Å². The van der Waals surface area contributed by atoms with Gasteiger partial charge in [-0.1, -0.05) is 11.6 Å². The molecule has 4 rings (SSSR count). The third kappa shape index (κ3) is 2.34. The van der Waals surface area contributed by atoms with Gasteiger partial charge in [-0.05, 0) is 74.8 Å². The number of allylic oxidation sites excluding steroid dienone is 2. The van der Waals surface area contributed by atoms with Crippen molar-refractivity contribution in [3.8, 4) is 5.75 Å². The Bertz CT molecular complexity index is 837. The van der Waals surface area contributed by atoms with Crippen LogP contribution in [0.15, 0.2) is 23.8 Å². The number of Topliss-reactive ketones (excluding diaryl/α,β-unsaturated/α-hetero) is 1. The molecule has 3 atom stereocenters. The van der Waals surface area contributed by atoms with Crippen LogP contribution in [-0.2, 0) is 20.7 Å². The Morgan fingerprint density at radius 1 is 1.19 bits per heavy atom. The van der Waals surface area contributed by atoms with Crippen LogP contribution >= 0.6 is 0 Å². The maximum absolute atomic E-state index is 13.3. The fourth-order valence-electron chi connectivity index (χ4n) is 5.33. The summed E-state index contributed by atoms with van der Waals surface area (Å²) in [7, 11) is 1.69. The van der Waals surface area contributed by atoms with Crippen molar-refractivity contribution >= 4 is 17.3 Å². The van der Waals surface area contributed by atoms with E-state index in [1.807, 2.05) is 13.0 Å². The number of carbonyl (C=O) groups is 2. The van der Waals surface area contributed by atoms with E-state index in [-0.39, 0.29) is 17.7 Å². The first-order valence-electron chi connectivity index (χ1n) is 9.42. The molecular weight excluding hydrogens is 328 g/mol. The molecule has 1 aromatic rings. The number of benzene rings is 1. The number of fused-ring (bicyclic) bond motifs is 5. The van der Waals surface area contributed by atoms with Gasteiger partial charge in [0.2, 0.25) is 0 Å². The number of aryl methyl sites for hydroxylation is 1. The molecule has 0 aliphatic heterocycles. The number of hydrogen-bond acceptors (Lipinski definition) is 4. The third-order valence-corrected chi connectivity index (χ3v) is 6.82. The van der Waals surface area contributed by atoms with Crippen LogP contribution in [0.4, 0.5) is 0 Å². The van der Waals surface area contributed by atoms with E-state index < -0.39 is 11.0 Å². The van der Waals surface area contributed by atoms with Gasteiger partial charge in [-0.15, -0.1) is 0 Å². The second-order valence-electron chi connectivity index (χ2n) is 8.34. The largest absolute Gasteiger partial charge is 0.497 e. The summed E-state index contributed by atoms with van der Waals surface area (Å²) >= 11 is 0. The molecule has 3 aliphatic rings. The van der Waals surface area contributed by atoms with E-state index in [1.54, 1.807) is 7.11 Å². The molecule has 1 saturated carbocycles. The number of ether oxygens (including phenoxy) is 2. The first-order chi connectivity index (χ1) is 12.3. The Labute approximate surface area is 154 Å². The molecule has 0 spiro atoms. The summed E-state index contributed by atoms with van der Waals surface area (Å²) in [5, 5.41) is 0. The van der Waals surface area contributed by atoms with Crippen molar-refractivity contribution in [3.63, 3.8) is 0 Å². The van der Waals surface area contributed by atoms with Crippen LogP contribution in [0.25, 0.3) is 5.57 Å². The van der Waals surface area contributed by atoms with E-state index in [0.717, 1.165) is 31.4 Å². The molecule has 0 aromatic heterocycles. The lowest BCUT2D eigenvalue weighted by Crippen LogP contribution is -2.56. The minimum absolute atomic E-state index is 0.253. The number of rotatable bonds is 2. The van der Waals surface area contributed by atoms with Gasteiger partial charge >= 0.3 is 5.97 Å². The first-order valence-corrected chi connectivity index (χ1v) is 9.42. The van der Waals surface area contributed by atoms with Gasteiger partial charge < -0.3 is 9.47 Å². The molecule has 1 fully saturated rings. The maximum Gasteiger partial charge on any atom is 0.303 e. The number of carbonyl (C=O) groups excluding carboxylic acids is 2. The molecular formula is C22H26O4. The minimum atomic E-state index is -0.703. The summed E-state index contributed by atoms with van der Waals surface area (Å²) in [4.78, 5) is 25.0. The average Bonchev–Trinajstić information content (AvgIpc) is 2.60.